The topological polar surface area (TPSA) is 48.5 Å². The maximum Gasteiger partial charge on any atom is 0.253 e. The number of hydrogen-bond acceptors (Lipinski definition) is 4. The lowest BCUT2D eigenvalue weighted by atomic mass is 10.2. The van der Waals surface area contributed by atoms with E-state index in [4.69, 9.17) is 0 Å². The molecule has 0 saturated carbocycles. The van der Waals surface area contributed by atoms with E-state index in [1.807, 2.05) is 30.3 Å². The fourth-order valence-electron chi connectivity index (χ4n) is 2.95. The molecule has 2 heterocycles. The summed E-state index contributed by atoms with van der Waals surface area (Å²) in [6.45, 7) is 2.23. The third kappa shape index (κ3) is 4.29. The number of halogens is 4. The average Bonchev–Trinajstić information content (AvgIpc) is 2.69. The van der Waals surface area contributed by atoms with Crippen LogP contribution in [-0.4, -0.2) is 48.5 Å². The molecule has 9 heteroatoms. The minimum absolute atomic E-state index is 0.0597. The molecular formula is C18H18F4N4O. The first-order valence-corrected chi connectivity index (χ1v) is 8.49. The van der Waals surface area contributed by atoms with Gasteiger partial charge in [0.15, 0.2) is 0 Å². The molecule has 3 rings (SSSR count). The number of amides is 1. The standard InChI is InChI=1S/C18H18F4N4O/c19-14-16(15(20)18(22)24-17(14)21)23-7-6-13(27)26-10-8-25(9-11-26)12-4-2-1-3-5-12/h1-5H,6-11H2,(H,23,24). The number of aromatic nitrogens is 1. The number of carbonyl (C=O) groups excluding carboxylic acids is 1. The van der Waals surface area contributed by atoms with Crippen molar-refractivity contribution in [2.45, 2.75) is 6.42 Å². The second-order valence-corrected chi connectivity index (χ2v) is 6.08. The fraction of sp³-hybridized carbons (Fsp3) is 0.333. The molecule has 5 nitrogen and oxygen atoms in total. The van der Waals surface area contributed by atoms with E-state index in [0.29, 0.717) is 26.2 Å². The monoisotopic (exact) mass is 382 g/mol. The average molecular weight is 382 g/mol. The molecule has 1 aromatic heterocycles. The van der Waals surface area contributed by atoms with Crippen molar-refractivity contribution in [1.82, 2.24) is 9.88 Å². The summed E-state index contributed by atoms with van der Waals surface area (Å²) < 4.78 is 53.2. The second-order valence-electron chi connectivity index (χ2n) is 6.08. The van der Waals surface area contributed by atoms with E-state index in [2.05, 4.69) is 15.2 Å². The molecule has 144 valence electrons. The lowest BCUT2D eigenvalue weighted by Gasteiger charge is -2.36. The number of piperazine rings is 1. The number of para-hydroxylation sites is 1. The summed E-state index contributed by atoms with van der Waals surface area (Å²) in [5.41, 5.74) is 0.126. The van der Waals surface area contributed by atoms with Crippen LogP contribution in [0.2, 0.25) is 0 Å². The van der Waals surface area contributed by atoms with Gasteiger partial charge in [0.2, 0.25) is 17.5 Å². The number of pyridine rings is 1. The van der Waals surface area contributed by atoms with E-state index in [9.17, 15) is 22.4 Å². The smallest absolute Gasteiger partial charge is 0.253 e. The van der Waals surface area contributed by atoms with Crippen molar-refractivity contribution in [3.63, 3.8) is 0 Å². The van der Waals surface area contributed by atoms with Crippen LogP contribution in [0.4, 0.5) is 28.9 Å². The Hall–Kier alpha value is -2.84. The van der Waals surface area contributed by atoms with Crippen LogP contribution in [0.3, 0.4) is 0 Å². The Morgan fingerprint density at radius 1 is 0.963 bits per heavy atom. The summed E-state index contributed by atoms with van der Waals surface area (Å²) in [5.74, 6) is -6.90. The van der Waals surface area contributed by atoms with Gasteiger partial charge < -0.3 is 15.1 Å². The zero-order valence-electron chi connectivity index (χ0n) is 14.4. The van der Waals surface area contributed by atoms with Crippen molar-refractivity contribution in [2.24, 2.45) is 0 Å². The quantitative estimate of drug-likeness (QED) is 0.638. The molecule has 1 saturated heterocycles. The van der Waals surface area contributed by atoms with Crippen LogP contribution in [0, 0.1) is 23.5 Å². The van der Waals surface area contributed by atoms with E-state index in [-0.39, 0.29) is 18.9 Å². The maximum absolute atomic E-state index is 13.5. The van der Waals surface area contributed by atoms with Crippen molar-refractivity contribution < 1.29 is 22.4 Å². The SMILES string of the molecule is O=C(CCNc1c(F)c(F)nc(F)c1F)N1CCN(c2ccccc2)CC1. The number of anilines is 2. The Bertz CT molecular complexity index is 785. The highest BCUT2D eigenvalue weighted by molar-refractivity contribution is 5.77. The van der Waals surface area contributed by atoms with E-state index in [0.717, 1.165) is 5.69 Å². The lowest BCUT2D eigenvalue weighted by molar-refractivity contribution is -0.131. The molecule has 1 amide bonds. The number of rotatable bonds is 5. The largest absolute Gasteiger partial charge is 0.379 e. The zero-order chi connectivity index (χ0) is 19.4. The number of nitrogens with zero attached hydrogens (tertiary/aromatic N) is 3. The van der Waals surface area contributed by atoms with Gasteiger partial charge in [0.05, 0.1) is 0 Å². The molecule has 1 aromatic carbocycles. The first-order valence-electron chi connectivity index (χ1n) is 8.49. The summed E-state index contributed by atoms with van der Waals surface area (Å²) in [5, 5.41) is 2.24. The van der Waals surface area contributed by atoms with Crippen LogP contribution >= 0.6 is 0 Å². The molecule has 27 heavy (non-hydrogen) atoms. The third-order valence-corrected chi connectivity index (χ3v) is 4.39. The summed E-state index contributed by atoms with van der Waals surface area (Å²) in [6, 6.07) is 9.82. The van der Waals surface area contributed by atoms with Gasteiger partial charge in [-0.1, -0.05) is 18.2 Å². The number of benzene rings is 1. The molecule has 2 aromatic rings. The zero-order valence-corrected chi connectivity index (χ0v) is 14.4. The Kier molecular flexibility index (Phi) is 5.78. The van der Waals surface area contributed by atoms with E-state index < -0.39 is 29.2 Å². The minimum atomic E-state index is -1.74. The van der Waals surface area contributed by atoms with Gasteiger partial charge in [-0.25, -0.2) is 0 Å². The van der Waals surface area contributed by atoms with Crippen LogP contribution in [0.1, 0.15) is 6.42 Å². The van der Waals surface area contributed by atoms with Crippen LogP contribution in [0.15, 0.2) is 30.3 Å². The Morgan fingerprint density at radius 2 is 1.56 bits per heavy atom. The highest BCUT2D eigenvalue weighted by atomic mass is 19.2. The minimum Gasteiger partial charge on any atom is -0.379 e. The van der Waals surface area contributed by atoms with E-state index in [1.165, 1.54) is 0 Å². The molecule has 0 atom stereocenters. The Labute approximate surface area is 153 Å². The predicted molar refractivity (Wildman–Crippen MR) is 92.4 cm³/mol. The molecule has 0 radical (unpaired) electrons. The maximum atomic E-state index is 13.5. The molecule has 1 aliphatic heterocycles. The normalized spacial score (nSPS) is 14.4. The lowest BCUT2D eigenvalue weighted by Crippen LogP contribution is -2.49. The van der Waals surface area contributed by atoms with Crippen molar-refractivity contribution in [2.75, 3.05) is 42.9 Å². The first kappa shape index (κ1) is 18.9. The van der Waals surface area contributed by atoms with Gasteiger partial charge in [-0.05, 0) is 12.1 Å². The predicted octanol–water partition coefficient (Wildman–Crippen LogP) is 2.79. The second kappa shape index (κ2) is 8.24. The van der Waals surface area contributed by atoms with E-state index in [1.54, 1.807) is 4.90 Å². The molecule has 1 N–H and O–H groups in total. The molecular weight excluding hydrogens is 364 g/mol. The van der Waals surface area contributed by atoms with Gasteiger partial charge in [-0.2, -0.15) is 22.5 Å². The van der Waals surface area contributed by atoms with Gasteiger partial charge in [0, 0.05) is 44.8 Å². The van der Waals surface area contributed by atoms with Gasteiger partial charge in [0.25, 0.3) is 11.9 Å². The highest BCUT2D eigenvalue weighted by Gasteiger charge is 2.23. The number of hydrogen-bond donors (Lipinski definition) is 1. The van der Waals surface area contributed by atoms with Crippen LogP contribution in [0.5, 0.6) is 0 Å². The van der Waals surface area contributed by atoms with Crippen LogP contribution in [-0.2, 0) is 4.79 Å². The van der Waals surface area contributed by atoms with Gasteiger partial charge in [-0.15, -0.1) is 0 Å². The van der Waals surface area contributed by atoms with Crippen molar-refractivity contribution in [3.8, 4) is 0 Å². The van der Waals surface area contributed by atoms with E-state index >= 15 is 0 Å². The van der Waals surface area contributed by atoms with Gasteiger partial charge >= 0.3 is 0 Å². The van der Waals surface area contributed by atoms with Crippen molar-refractivity contribution in [1.29, 1.82) is 0 Å². The molecule has 0 unspecified atom stereocenters. The van der Waals surface area contributed by atoms with Gasteiger partial charge in [0.1, 0.15) is 5.69 Å². The third-order valence-electron chi connectivity index (χ3n) is 4.39. The first-order chi connectivity index (χ1) is 13.0. The van der Waals surface area contributed by atoms with Crippen molar-refractivity contribution >= 4 is 17.3 Å². The molecule has 0 spiro atoms. The Morgan fingerprint density at radius 3 is 2.15 bits per heavy atom. The van der Waals surface area contributed by atoms with Gasteiger partial charge in [-0.3, -0.25) is 4.79 Å². The molecule has 0 aliphatic carbocycles. The fourth-order valence-corrected chi connectivity index (χ4v) is 2.95. The summed E-state index contributed by atoms with van der Waals surface area (Å²) in [4.78, 5) is 18.5. The number of carbonyl (C=O) groups is 1. The highest BCUT2D eigenvalue weighted by Crippen LogP contribution is 2.22. The molecule has 1 aliphatic rings. The summed E-state index contributed by atoms with van der Waals surface area (Å²) in [6.07, 6.45) is -0.0597. The van der Waals surface area contributed by atoms with Crippen LogP contribution < -0.4 is 10.2 Å². The molecule has 0 bridgehead atoms. The van der Waals surface area contributed by atoms with Crippen LogP contribution in [0.25, 0.3) is 0 Å². The summed E-state index contributed by atoms with van der Waals surface area (Å²) >= 11 is 0. The molecule has 1 fully saturated rings. The van der Waals surface area contributed by atoms with Crippen molar-refractivity contribution in [3.05, 3.63) is 53.9 Å². The summed E-state index contributed by atoms with van der Waals surface area (Å²) in [7, 11) is 0. The number of nitrogens with one attached hydrogen (secondary N) is 1. The Balaban J connectivity index is 1.50.